The lowest BCUT2D eigenvalue weighted by molar-refractivity contribution is 0.511. The van der Waals surface area contributed by atoms with Gasteiger partial charge in [-0.1, -0.05) is 6.07 Å². The van der Waals surface area contributed by atoms with Gasteiger partial charge in [-0.25, -0.2) is 17.2 Å². The molecule has 0 bridgehead atoms. The Kier molecular flexibility index (Phi) is 3.96. The van der Waals surface area contributed by atoms with E-state index < -0.39 is 27.3 Å². The minimum absolute atomic E-state index is 0.123. The molecule has 0 unspecified atom stereocenters. The number of benzene rings is 2. The smallest absolute Gasteiger partial charge is 0.262 e. The van der Waals surface area contributed by atoms with E-state index in [1.54, 1.807) is 0 Å². The van der Waals surface area contributed by atoms with Gasteiger partial charge in [-0.3, -0.25) is 4.72 Å². The monoisotopic (exact) mass is 362 g/mol. The Morgan fingerprint density at radius 2 is 1.85 bits per heavy atom. The fourth-order valence-electron chi connectivity index (χ4n) is 1.46. The van der Waals surface area contributed by atoms with Crippen molar-refractivity contribution >= 4 is 37.3 Å². The first kappa shape index (κ1) is 14.7. The van der Waals surface area contributed by atoms with E-state index in [4.69, 9.17) is 5.73 Å². The van der Waals surface area contributed by atoms with Gasteiger partial charge in [0, 0.05) is 10.2 Å². The highest BCUT2D eigenvalue weighted by atomic mass is 79.9. The van der Waals surface area contributed by atoms with Gasteiger partial charge < -0.3 is 5.73 Å². The standard InChI is InChI=1S/C12H9BrF2N2O2S/c13-8-6-7(4-5-10(8)16)20(18,19)17-11-3-1-2-9(14)12(11)15/h1-6,17H,16H2. The molecule has 0 saturated heterocycles. The summed E-state index contributed by atoms with van der Waals surface area (Å²) in [7, 11) is -4.03. The van der Waals surface area contributed by atoms with Gasteiger partial charge in [0.25, 0.3) is 10.0 Å². The highest BCUT2D eigenvalue weighted by molar-refractivity contribution is 9.10. The molecule has 0 aromatic heterocycles. The Hall–Kier alpha value is -1.67. The van der Waals surface area contributed by atoms with Crippen molar-refractivity contribution in [1.29, 1.82) is 0 Å². The van der Waals surface area contributed by atoms with Gasteiger partial charge in [0.15, 0.2) is 11.6 Å². The quantitative estimate of drug-likeness (QED) is 0.824. The second kappa shape index (κ2) is 5.37. The van der Waals surface area contributed by atoms with E-state index in [2.05, 4.69) is 15.9 Å². The zero-order valence-corrected chi connectivity index (χ0v) is 12.3. The van der Waals surface area contributed by atoms with Crippen LogP contribution in [0.25, 0.3) is 0 Å². The fourth-order valence-corrected chi connectivity index (χ4v) is 3.08. The van der Waals surface area contributed by atoms with Gasteiger partial charge in [-0.05, 0) is 46.3 Å². The zero-order chi connectivity index (χ0) is 14.9. The van der Waals surface area contributed by atoms with Crippen molar-refractivity contribution < 1.29 is 17.2 Å². The maximum Gasteiger partial charge on any atom is 0.262 e. The summed E-state index contributed by atoms with van der Waals surface area (Å²) in [4.78, 5) is -0.123. The van der Waals surface area contributed by atoms with Gasteiger partial charge in [0.1, 0.15) is 0 Å². The van der Waals surface area contributed by atoms with E-state index in [1.165, 1.54) is 24.3 Å². The van der Waals surface area contributed by atoms with E-state index in [1.807, 2.05) is 4.72 Å². The normalized spacial score (nSPS) is 11.3. The number of sulfonamides is 1. The lowest BCUT2D eigenvalue weighted by atomic mass is 10.3. The van der Waals surface area contributed by atoms with Crippen LogP contribution in [0.1, 0.15) is 0 Å². The molecule has 0 heterocycles. The first-order valence-corrected chi connectivity index (χ1v) is 7.61. The van der Waals surface area contributed by atoms with Crippen molar-refractivity contribution in [3.63, 3.8) is 0 Å². The largest absolute Gasteiger partial charge is 0.398 e. The number of anilines is 2. The molecule has 4 nitrogen and oxygen atoms in total. The van der Waals surface area contributed by atoms with Gasteiger partial charge in [-0.2, -0.15) is 0 Å². The molecule has 0 amide bonds. The molecule has 0 aliphatic carbocycles. The molecule has 2 aromatic rings. The molecule has 3 N–H and O–H groups in total. The summed E-state index contributed by atoms with van der Waals surface area (Å²) in [5, 5.41) is 0. The minimum atomic E-state index is -4.03. The lowest BCUT2D eigenvalue weighted by Gasteiger charge is -2.10. The lowest BCUT2D eigenvalue weighted by Crippen LogP contribution is -2.14. The van der Waals surface area contributed by atoms with Crippen molar-refractivity contribution in [2.45, 2.75) is 4.90 Å². The summed E-state index contributed by atoms with van der Waals surface area (Å²) in [6.07, 6.45) is 0. The molecule has 0 spiro atoms. The number of halogens is 3. The van der Waals surface area contributed by atoms with Crippen LogP contribution >= 0.6 is 15.9 Å². The van der Waals surface area contributed by atoms with Crippen molar-refractivity contribution in [2.75, 3.05) is 10.5 Å². The Labute approximate surface area is 122 Å². The number of hydrogen-bond donors (Lipinski definition) is 2. The van der Waals surface area contributed by atoms with Crippen LogP contribution in [0, 0.1) is 11.6 Å². The van der Waals surface area contributed by atoms with Crippen LogP contribution in [0.15, 0.2) is 45.8 Å². The number of nitrogens with one attached hydrogen (secondary N) is 1. The first-order valence-electron chi connectivity index (χ1n) is 5.33. The van der Waals surface area contributed by atoms with Crippen molar-refractivity contribution in [3.05, 3.63) is 52.5 Å². The van der Waals surface area contributed by atoms with Gasteiger partial charge >= 0.3 is 0 Å². The number of rotatable bonds is 3. The van der Waals surface area contributed by atoms with Crippen LogP contribution in [-0.2, 0) is 10.0 Å². The third-order valence-electron chi connectivity index (χ3n) is 2.48. The first-order chi connectivity index (χ1) is 9.31. The molecule has 0 fully saturated rings. The van der Waals surface area contributed by atoms with Crippen LogP contribution in [0.3, 0.4) is 0 Å². The molecule has 0 aliphatic heterocycles. The Morgan fingerprint density at radius 3 is 2.50 bits per heavy atom. The fraction of sp³-hybridized carbons (Fsp3) is 0. The van der Waals surface area contributed by atoms with E-state index in [-0.39, 0.29) is 4.90 Å². The summed E-state index contributed by atoms with van der Waals surface area (Å²) in [5.41, 5.74) is 5.46. The average Bonchev–Trinajstić information content (AvgIpc) is 2.38. The highest BCUT2D eigenvalue weighted by Gasteiger charge is 2.18. The molecular formula is C12H9BrF2N2O2S. The third-order valence-corrected chi connectivity index (χ3v) is 4.53. The molecule has 20 heavy (non-hydrogen) atoms. The molecule has 8 heteroatoms. The second-order valence-corrected chi connectivity index (χ2v) is 6.43. The maximum atomic E-state index is 13.5. The van der Waals surface area contributed by atoms with E-state index in [9.17, 15) is 17.2 Å². The molecule has 2 rings (SSSR count). The molecule has 0 aliphatic rings. The van der Waals surface area contributed by atoms with E-state index in [0.717, 1.165) is 12.1 Å². The Morgan fingerprint density at radius 1 is 1.15 bits per heavy atom. The summed E-state index contributed by atoms with van der Waals surface area (Å²) in [6.45, 7) is 0. The van der Waals surface area contributed by atoms with Crippen molar-refractivity contribution in [1.82, 2.24) is 0 Å². The van der Waals surface area contributed by atoms with Crippen molar-refractivity contribution in [3.8, 4) is 0 Å². The van der Waals surface area contributed by atoms with Gasteiger partial charge in [0.05, 0.1) is 10.6 Å². The van der Waals surface area contributed by atoms with Crippen LogP contribution in [0.4, 0.5) is 20.2 Å². The molecule has 0 saturated carbocycles. The Balaban J connectivity index is 2.41. The van der Waals surface area contributed by atoms with Crippen LogP contribution in [0.5, 0.6) is 0 Å². The summed E-state index contributed by atoms with van der Waals surface area (Å²) in [5.74, 6) is -2.39. The Bertz CT molecular complexity index is 766. The average molecular weight is 363 g/mol. The summed E-state index contributed by atoms with van der Waals surface area (Å²) >= 11 is 3.10. The summed E-state index contributed by atoms with van der Waals surface area (Å²) in [6, 6.07) is 7.15. The van der Waals surface area contributed by atoms with E-state index >= 15 is 0 Å². The SMILES string of the molecule is Nc1ccc(S(=O)(=O)Nc2cccc(F)c2F)cc1Br. The topological polar surface area (TPSA) is 72.2 Å². The number of hydrogen-bond acceptors (Lipinski definition) is 3. The molecule has 2 aromatic carbocycles. The predicted octanol–water partition coefficient (Wildman–Crippen LogP) is 3.11. The summed E-state index contributed by atoms with van der Waals surface area (Å²) < 4.78 is 53.0. The minimum Gasteiger partial charge on any atom is -0.398 e. The predicted molar refractivity (Wildman–Crippen MR) is 75.7 cm³/mol. The zero-order valence-electron chi connectivity index (χ0n) is 9.90. The maximum absolute atomic E-state index is 13.5. The van der Waals surface area contributed by atoms with Crippen LogP contribution in [0.2, 0.25) is 0 Å². The molecule has 0 radical (unpaired) electrons. The van der Waals surface area contributed by atoms with Gasteiger partial charge in [-0.15, -0.1) is 0 Å². The third kappa shape index (κ3) is 2.91. The van der Waals surface area contributed by atoms with Gasteiger partial charge in [0.2, 0.25) is 0 Å². The van der Waals surface area contributed by atoms with Crippen molar-refractivity contribution in [2.24, 2.45) is 0 Å². The number of nitrogens with two attached hydrogens (primary N) is 1. The van der Waals surface area contributed by atoms with E-state index in [0.29, 0.717) is 10.2 Å². The number of nitrogen functional groups attached to an aromatic ring is 1. The second-order valence-electron chi connectivity index (χ2n) is 3.89. The van der Waals surface area contributed by atoms with Crippen LogP contribution < -0.4 is 10.5 Å². The van der Waals surface area contributed by atoms with Crippen LogP contribution in [-0.4, -0.2) is 8.42 Å². The highest BCUT2D eigenvalue weighted by Crippen LogP contribution is 2.25. The molecule has 106 valence electrons. The molecule has 0 atom stereocenters. The molecular weight excluding hydrogens is 354 g/mol.